The van der Waals surface area contributed by atoms with Crippen LogP contribution < -0.4 is 4.90 Å². The van der Waals surface area contributed by atoms with Crippen LogP contribution >= 0.6 is 23.2 Å². The van der Waals surface area contributed by atoms with Crippen LogP contribution in [0, 0.1) is 6.92 Å². The zero-order valence-electron chi connectivity index (χ0n) is 16.0. The van der Waals surface area contributed by atoms with Crippen molar-refractivity contribution in [1.82, 2.24) is 14.9 Å². The van der Waals surface area contributed by atoms with E-state index in [1.165, 1.54) is 6.08 Å². The molecule has 0 saturated carbocycles. The summed E-state index contributed by atoms with van der Waals surface area (Å²) >= 11 is 12.6. The number of aromatic nitrogens is 2. The molecule has 7 heteroatoms. The van der Waals surface area contributed by atoms with Crippen molar-refractivity contribution in [1.29, 1.82) is 0 Å². The molecule has 5 nitrogen and oxygen atoms in total. The summed E-state index contributed by atoms with van der Waals surface area (Å²) in [5.41, 5.74) is 2.69. The summed E-state index contributed by atoms with van der Waals surface area (Å²) in [5, 5.41) is 2.25. The van der Waals surface area contributed by atoms with Crippen molar-refractivity contribution in [2.24, 2.45) is 0 Å². The summed E-state index contributed by atoms with van der Waals surface area (Å²) in [6, 6.07) is 11.5. The molecule has 2 aromatic carbocycles. The lowest BCUT2D eigenvalue weighted by atomic mass is 10.0. The van der Waals surface area contributed by atoms with E-state index in [1.54, 1.807) is 4.90 Å². The number of aryl methyl sites for hydroxylation is 1. The quantitative estimate of drug-likeness (QED) is 0.567. The van der Waals surface area contributed by atoms with E-state index in [9.17, 15) is 4.79 Å². The van der Waals surface area contributed by atoms with E-state index in [0.29, 0.717) is 42.0 Å². The highest BCUT2D eigenvalue weighted by molar-refractivity contribution is 6.34. The number of piperazine rings is 1. The highest BCUT2D eigenvalue weighted by Gasteiger charge is 2.23. The highest BCUT2D eigenvalue weighted by Crippen LogP contribution is 2.35. The number of halogens is 2. The topological polar surface area (TPSA) is 49.3 Å². The first-order valence-electron chi connectivity index (χ1n) is 9.36. The van der Waals surface area contributed by atoms with Gasteiger partial charge in [-0.3, -0.25) is 4.79 Å². The van der Waals surface area contributed by atoms with E-state index in [-0.39, 0.29) is 5.91 Å². The molecule has 1 aliphatic heterocycles. The van der Waals surface area contributed by atoms with Crippen LogP contribution in [0.15, 0.2) is 49.1 Å². The van der Waals surface area contributed by atoms with E-state index in [4.69, 9.17) is 28.2 Å². The minimum atomic E-state index is -0.0369. The number of anilines is 1. The second-order valence-electron chi connectivity index (χ2n) is 6.97. The van der Waals surface area contributed by atoms with Crippen molar-refractivity contribution < 1.29 is 4.79 Å². The van der Waals surface area contributed by atoms with E-state index < -0.39 is 0 Å². The van der Waals surface area contributed by atoms with Crippen LogP contribution in [0.4, 0.5) is 5.82 Å². The predicted octanol–water partition coefficient (Wildman–Crippen LogP) is 4.75. The zero-order valence-corrected chi connectivity index (χ0v) is 17.5. The molecule has 1 aromatic heterocycles. The molecule has 0 atom stereocenters. The first kappa shape index (κ1) is 19.7. The minimum Gasteiger partial charge on any atom is -0.352 e. The van der Waals surface area contributed by atoms with Crippen molar-refractivity contribution in [3.8, 4) is 11.1 Å². The fraction of sp³-hybridized carbons (Fsp3) is 0.227. The molecule has 0 N–H and O–H groups in total. The Morgan fingerprint density at radius 3 is 2.41 bits per heavy atom. The molecule has 2 heterocycles. The van der Waals surface area contributed by atoms with Gasteiger partial charge < -0.3 is 9.80 Å². The van der Waals surface area contributed by atoms with Crippen LogP contribution in [0.1, 0.15) is 5.82 Å². The Morgan fingerprint density at radius 1 is 1.07 bits per heavy atom. The molecule has 0 unspecified atom stereocenters. The number of carbonyl (C=O) groups is 1. The largest absolute Gasteiger partial charge is 0.352 e. The van der Waals surface area contributed by atoms with Gasteiger partial charge in [-0.1, -0.05) is 41.9 Å². The average molecular weight is 427 g/mol. The maximum Gasteiger partial charge on any atom is 0.246 e. The molecule has 0 bridgehead atoms. The Hall–Kier alpha value is -2.63. The van der Waals surface area contributed by atoms with E-state index in [1.807, 2.05) is 43.3 Å². The van der Waals surface area contributed by atoms with Gasteiger partial charge in [-0.05, 0) is 42.8 Å². The van der Waals surface area contributed by atoms with Crippen molar-refractivity contribution in [3.05, 3.63) is 64.9 Å². The van der Waals surface area contributed by atoms with Crippen LogP contribution in [-0.2, 0) is 4.79 Å². The Bertz CT molecular complexity index is 1090. The minimum absolute atomic E-state index is 0.0369. The van der Waals surface area contributed by atoms with Gasteiger partial charge in [-0.25, -0.2) is 9.97 Å². The van der Waals surface area contributed by atoms with Gasteiger partial charge in [0, 0.05) is 42.2 Å². The van der Waals surface area contributed by atoms with Gasteiger partial charge >= 0.3 is 0 Å². The lowest BCUT2D eigenvalue weighted by Crippen LogP contribution is -2.48. The average Bonchev–Trinajstić information content (AvgIpc) is 2.73. The molecule has 4 rings (SSSR count). The highest BCUT2D eigenvalue weighted by atomic mass is 35.5. The molecule has 0 spiro atoms. The van der Waals surface area contributed by atoms with Gasteiger partial charge in [0.05, 0.1) is 10.5 Å². The second-order valence-corrected chi connectivity index (χ2v) is 7.81. The number of benzene rings is 2. The SMILES string of the molecule is C=CC(=O)N1CCN(c2nc(C)nc3cc(Cl)c(-c4ccc(Cl)cc4)cc23)CC1. The van der Waals surface area contributed by atoms with Crippen LogP contribution in [0.25, 0.3) is 22.0 Å². The maximum atomic E-state index is 11.9. The van der Waals surface area contributed by atoms with Crippen molar-refractivity contribution in [2.45, 2.75) is 6.92 Å². The molecule has 29 heavy (non-hydrogen) atoms. The van der Waals surface area contributed by atoms with E-state index >= 15 is 0 Å². The number of carbonyl (C=O) groups excluding carboxylic acids is 1. The molecule has 1 amide bonds. The summed E-state index contributed by atoms with van der Waals surface area (Å²) in [6.07, 6.45) is 1.36. The summed E-state index contributed by atoms with van der Waals surface area (Å²) in [5.74, 6) is 1.52. The van der Waals surface area contributed by atoms with Crippen molar-refractivity contribution >= 4 is 45.8 Å². The number of hydrogen-bond acceptors (Lipinski definition) is 4. The Balaban J connectivity index is 1.76. The Kier molecular flexibility index (Phi) is 5.43. The van der Waals surface area contributed by atoms with Gasteiger partial charge in [0.15, 0.2) is 0 Å². The molecule has 1 fully saturated rings. The van der Waals surface area contributed by atoms with E-state index in [2.05, 4.69) is 16.5 Å². The molecular formula is C22H20Cl2N4O. The summed E-state index contributed by atoms with van der Waals surface area (Å²) < 4.78 is 0. The second kappa shape index (κ2) is 8.01. The van der Waals surface area contributed by atoms with E-state index in [0.717, 1.165) is 27.8 Å². The zero-order chi connectivity index (χ0) is 20.5. The molecular weight excluding hydrogens is 407 g/mol. The first-order chi connectivity index (χ1) is 14.0. The Morgan fingerprint density at radius 2 is 1.76 bits per heavy atom. The molecule has 1 saturated heterocycles. The molecule has 1 aliphatic rings. The van der Waals surface area contributed by atoms with Gasteiger partial charge in [-0.15, -0.1) is 0 Å². The van der Waals surface area contributed by atoms with Crippen LogP contribution in [0.2, 0.25) is 10.0 Å². The lowest BCUT2D eigenvalue weighted by Gasteiger charge is -2.35. The third-order valence-corrected chi connectivity index (χ3v) is 5.66. The fourth-order valence-corrected chi connectivity index (χ4v) is 4.00. The van der Waals surface area contributed by atoms with Gasteiger partial charge in [-0.2, -0.15) is 0 Å². The predicted molar refractivity (Wildman–Crippen MR) is 119 cm³/mol. The molecule has 0 aliphatic carbocycles. The maximum absolute atomic E-state index is 11.9. The lowest BCUT2D eigenvalue weighted by molar-refractivity contribution is -0.126. The molecule has 148 valence electrons. The third-order valence-electron chi connectivity index (χ3n) is 5.10. The van der Waals surface area contributed by atoms with Gasteiger partial charge in [0.1, 0.15) is 11.6 Å². The monoisotopic (exact) mass is 426 g/mol. The summed E-state index contributed by atoms with van der Waals surface area (Å²) in [4.78, 5) is 25.2. The smallest absolute Gasteiger partial charge is 0.246 e. The van der Waals surface area contributed by atoms with Crippen LogP contribution in [-0.4, -0.2) is 47.0 Å². The van der Waals surface area contributed by atoms with Crippen molar-refractivity contribution in [2.75, 3.05) is 31.1 Å². The number of hydrogen-bond donors (Lipinski definition) is 0. The summed E-state index contributed by atoms with van der Waals surface area (Å²) in [7, 11) is 0. The van der Waals surface area contributed by atoms with Crippen LogP contribution in [0.5, 0.6) is 0 Å². The number of rotatable bonds is 3. The summed E-state index contributed by atoms with van der Waals surface area (Å²) in [6.45, 7) is 8.11. The number of nitrogens with zero attached hydrogens (tertiary/aromatic N) is 4. The third kappa shape index (κ3) is 3.93. The Labute approximate surface area is 179 Å². The fourth-order valence-electron chi connectivity index (χ4n) is 3.61. The molecule has 3 aromatic rings. The normalized spacial score (nSPS) is 14.3. The number of amides is 1. The standard InChI is InChI=1S/C22H20Cl2N4O/c1-3-21(29)27-8-10-28(11-9-27)22-18-12-17(15-4-6-16(23)7-5-15)19(24)13-20(18)25-14(2)26-22/h3-7,12-13H,1,8-11H2,2H3. The first-order valence-corrected chi connectivity index (χ1v) is 10.1. The van der Waals surface area contributed by atoms with Gasteiger partial charge in [0.25, 0.3) is 0 Å². The molecule has 0 radical (unpaired) electrons. The van der Waals surface area contributed by atoms with Crippen molar-refractivity contribution in [3.63, 3.8) is 0 Å². The van der Waals surface area contributed by atoms with Crippen LogP contribution in [0.3, 0.4) is 0 Å². The van der Waals surface area contributed by atoms with Gasteiger partial charge in [0.2, 0.25) is 5.91 Å². The number of fused-ring (bicyclic) bond motifs is 1.